The highest BCUT2D eigenvalue weighted by molar-refractivity contribution is 5.94. The van der Waals surface area contributed by atoms with Crippen molar-refractivity contribution in [3.63, 3.8) is 0 Å². The number of morpholine rings is 1. The molecule has 1 atom stereocenters. The van der Waals surface area contributed by atoms with Gasteiger partial charge in [-0.05, 0) is 36.8 Å². The Balaban J connectivity index is 1.23. The molecule has 2 aliphatic rings. The van der Waals surface area contributed by atoms with Crippen LogP contribution in [-0.4, -0.2) is 76.2 Å². The maximum atomic E-state index is 12.7. The Labute approximate surface area is 180 Å². The Morgan fingerprint density at radius 1 is 1.13 bits per heavy atom. The van der Waals surface area contributed by atoms with E-state index in [0.29, 0.717) is 37.7 Å². The largest absolute Gasteiger partial charge is 0.378 e. The van der Waals surface area contributed by atoms with E-state index in [0.717, 1.165) is 36.8 Å². The second kappa shape index (κ2) is 8.73. The van der Waals surface area contributed by atoms with Gasteiger partial charge in [0, 0.05) is 56.4 Å². The topological polar surface area (TPSA) is 99.3 Å². The first-order valence-corrected chi connectivity index (χ1v) is 10.6. The molecule has 2 N–H and O–H groups in total. The summed E-state index contributed by atoms with van der Waals surface area (Å²) >= 11 is 0. The summed E-state index contributed by atoms with van der Waals surface area (Å²) in [5, 5.41) is 3.47. The minimum atomic E-state index is 0.0244. The SMILES string of the molecule is O=C(c1ccnc(NC2CCN(c3nccc(-c4ccc[nH]4)n3)C2)c1)N1CCOCC1. The second-order valence-corrected chi connectivity index (χ2v) is 7.74. The molecule has 9 heteroatoms. The molecule has 0 aliphatic carbocycles. The number of ether oxygens (including phenoxy) is 1. The first kappa shape index (κ1) is 19.5. The van der Waals surface area contributed by atoms with Crippen molar-refractivity contribution in [3.8, 4) is 11.4 Å². The highest BCUT2D eigenvalue weighted by atomic mass is 16.5. The molecular weight excluding hydrogens is 394 g/mol. The number of rotatable bonds is 5. The molecular formula is C22H25N7O2. The van der Waals surface area contributed by atoms with Crippen molar-refractivity contribution in [1.82, 2.24) is 24.8 Å². The fourth-order valence-corrected chi connectivity index (χ4v) is 4.00. The highest BCUT2D eigenvalue weighted by Crippen LogP contribution is 2.22. The summed E-state index contributed by atoms with van der Waals surface area (Å²) < 4.78 is 5.34. The predicted octanol–water partition coefficient (Wildman–Crippen LogP) is 2.03. The van der Waals surface area contributed by atoms with Gasteiger partial charge in [0.2, 0.25) is 5.95 Å². The highest BCUT2D eigenvalue weighted by Gasteiger charge is 2.25. The summed E-state index contributed by atoms with van der Waals surface area (Å²) in [5.74, 6) is 1.46. The van der Waals surface area contributed by atoms with E-state index < -0.39 is 0 Å². The Morgan fingerprint density at radius 2 is 2.00 bits per heavy atom. The number of H-pyrrole nitrogens is 1. The van der Waals surface area contributed by atoms with Gasteiger partial charge in [-0.2, -0.15) is 0 Å². The van der Waals surface area contributed by atoms with Crippen LogP contribution in [0.25, 0.3) is 11.4 Å². The molecule has 0 aromatic carbocycles. The number of nitrogens with zero attached hydrogens (tertiary/aromatic N) is 5. The molecule has 1 unspecified atom stereocenters. The summed E-state index contributed by atoms with van der Waals surface area (Å²) in [6, 6.07) is 9.67. The molecule has 9 nitrogen and oxygen atoms in total. The van der Waals surface area contributed by atoms with Gasteiger partial charge in [-0.3, -0.25) is 4.79 Å². The van der Waals surface area contributed by atoms with Gasteiger partial charge in [-0.25, -0.2) is 15.0 Å². The summed E-state index contributed by atoms with van der Waals surface area (Å²) in [7, 11) is 0. The van der Waals surface area contributed by atoms with Crippen LogP contribution in [-0.2, 0) is 4.74 Å². The predicted molar refractivity (Wildman–Crippen MR) is 117 cm³/mol. The summed E-state index contributed by atoms with van der Waals surface area (Å²) in [6.07, 6.45) is 6.31. The van der Waals surface area contributed by atoms with Crippen molar-refractivity contribution in [1.29, 1.82) is 0 Å². The van der Waals surface area contributed by atoms with Crippen LogP contribution in [0.3, 0.4) is 0 Å². The number of nitrogens with one attached hydrogen (secondary N) is 2. The fourth-order valence-electron chi connectivity index (χ4n) is 4.00. The number of aromatic amines is 1. The molecule has 2 fully saturated rings. The Hall–Kier alpha value is -3.46. The van der Waals surface area contributed by atoms with E-state index in [1.807, 2.05) is 35.4 Å². The molecule has 0 radical (unpaired) electrons. The van der Waals surface area contributed by atoms with Crippen LogP contribution >= 0.6 is 0 Å². The average molecular weight is 419 g/mol. The van der Waals surface area contributed by atoms with Gasteiger partial charge in [-0.1, -0.05) is 0 Å². The third-order valence-electron chi connectivity index (χ3n) is 5.65. The van der Waals surface area contributed by atoms with Crippen molar-refractivity contribution in [2.45, 2.75) is 12.5 Å². The van der Waals surface area contributed by atoms with Crippen LogP contribution in [0.5, 0.6) is 0 Å². The number of carbonyl (C=O) groups is 1. The van der Waals surface area contributed by atoms with Crippen molar-refractivity contribution < 1.29 is 9.53 Å². The van der Waals surface area contributed by atoms with E-state index in [1.165, 1.54) is 0 Å². The summed E-state index contributed by atoms with van der Waals surface area (Å²) in [4.78, 5) is 33.5. The minimum Gasteiger partial charge on any atom is -0.378 e. The Morgan fingerprint density at radius 3 is 2.84 bits per heavy atom. The van der Waals surface area contributed by atoms with Crippen LogP contribution in [0, 0.1) is 0 Å². The lowest BCUT2D eigenvalue weighted by Crippen LogP contribution is -2.40. The number of carbonyl (C=O) groups excluding carboxylic acids is 1. The molecule has 2 saturated heterocycles. The fraction of sp³-hybridized carbons (Fsp3) is 0.364. The number of hydrogen-bond donors (Lipinski definition) is 2. The van der Waals surface area contributed by atoms with Crippen LogP contribution in [0.15, 0.2) is 48.9 Å². The van der Waals surface area contributed by atoms with E-state index in [2.05, 4.69) is 25.2 Å². The van der Waals surface area contributed by atoms with E-state index in [9.17, 15) is 4.79 Å². The molecule has 1 amide bonds. The van der Waals surface area contributed by atoms with Gasteiger partial charge in [0.1, 0.15) is 5.82 Å². The molecule has 3 aromatic heterocycles. The normalized spacial score (nSPS) is 18.9. The first-order chi connectivity index (χ1) is 15.3. The van der Waals surface area contributed by atoms with Gasteiger partial charge in [-0.15, -0.1) is 0 Å². The van der Waals surface area contributed by atoms with Crippen LogP contribution in [0.1, 0.15) is 16.8 Å². The van der Waals surface area contributed by atoms with Crippen molar-refractivity contribution in [3.05, 3.63) is 54.5 Å². The smallest absolute Gasteiger partial charge is 0.254 e. The standard InChI is InChI=1S/C22H25N7O2/c30-21(28-10-12-31-13-11-28)16-3-7-24-20(14-16)26-17-5-9-29(15-17)22-25-8-4-19(27-22)18-2-1-6-23-18/h1-4,6-8,14,17,23H,5,9-13,15H2,(H,24,26). The lowest BCUT2D eigenvalue weighted by Gasteiger charge is -2.27. The van der Waals surface area contributed by atoms with Gasteiger partial charge in [0.15, 0.2) is 0 Å². The molecule has 0 bridgehead atoms. The summed E-state index contributed by atoms with van der Waals surface area (Å²) in [6.45, 7) is 4.07. The maximum Gasteiger partial charge on any atom is 0.254 e. The number of pyridine rings is 1. The maximum absolute atomic E-state index is 12.7. The molecule has 5 rings (SSSR count). The molecule has 5 heterocycles. The van der Waals surface area contributed by atoms with Crippen molar-refractivity contribution in [2.24, 2.45) is 0 Å². The van der Waals surface area contributed by atoms with E-state index in [1.54, 1.807) is 18.5 Å². The molecule has 2 aliphatic heterocycles. The lowest BCUT2D eigenvalue weighted by molar-refractivity contribution is 0.0303. The Kier molecular flexibility index (Phi) is 5.49. The van der Waals surface area contributed by atoms with E-state index in [4.69, 9.17) is 9.72 Å². The van der Waals surface area contributed by atoms with Crippen molar-refractivity contribution in [2.75, 3.05) is 49.6 Å². The lowest BCUT2D eigenvalue weighted by atomic mass is 10.2. The molecule has 160 valence electrons. The quantitative estimate of drug-likeness (QED) is 0.653. The number of aromatic nitrogens is 4. The molecule has 31 heavy (non-hydrogen) atoms. The Bertz CT molecular complexity index is 1030. The van der Waals surface area contributed by atoms with Gasteiger partial charge >= 0.3 is 0 Å². The van der Waals surface area contributed by atoms with Crippen LogP contribution in [0.4, 0.5) is 11.8 Å². The average Bonchev–Trinajstić information content (AvgIpc) is 3.52. The third kappa shape index (κ3) is 4.36. The van der Waals surface area contributed by atoms with Gasteiger partial charge in [0.05, 0.1) is 24.6 Å². The third-order valence-corrected chi connectivity index (χ3v) is 5.65. The van der Waals surface area contributed by atoms with E-state index in [-0.39, 0.29) is 11.9 Å². The zero-order valence-electron chi connectivity index (χ0n) is 17.2. The first-order valence-electron chi connectivity index (χ1n) is 10.6. The van der Waals surface area contributed by atoms with E-state index >= 15 is 0 Å². The number of anilines is 2. The monoisotopic (exact) mass is 419 g/mol. The zero-order chi connectivity index (χ0) is 21.0. The van der Waals surface area contributed by atoms with Crippen LogP contribution in [0.2, 0.25) is 0 Å². The van der Waals surface area contributed by atoms with Gasteiger partial charge in [0.25, 0.3) is 5.91 Å². The van der Waals surface area contributed by atoms with Crippen molar-refractivity contribution >= 4 is 17.7 Å². The zero-order valence-corrected chi connectivity index (χ0v) is 17.2. The number of amides is 1. The molecule has 3 aromatic rings. The molecule has 0 saturated carbocycles. The van der Waals surface area contributed by atoms with Gasteiger partial charge < -0.3 is 24.8 Å². The summed E-state index contributed by atoms with van der Waals surface area (Å²) in [5.41, 5.74) is 2.50. The van der Waals surface area contributed by atoms with Crippen LogP contribution < -0.4 is 10.2 Å². The minimum absolute atomic E-state index is 0.0244. The second-order valence-electron chi connectivity index (χ2n) is 7.74. The number of hydrogen-bond acceptors (Lipinski definition) is 7. The molecule has 0 spiro atoms.